The Labute approximate surface area is 220 Å². The lowest BCUT2D eigenvalue weighted by Gasteiger charge is -2.35. The van der Waals surface area contributed by atoms with Gasteiger partial charge in [-0.15, -0.1) is 0 Å². The number of aryl methyl sites for hydroxylation is 1. The number of ether oxygens (including phenoxy) is 1. The van der Waals surface area contributed by atoms with Crippen LogP contribution in [0.25, 0.3) is 11.7 Å². The fourth-order valence-corrected chi connectivity index (χ4v) is 5.62. The third-order valence-corrected chi connectivity index (χ3v) is 7.68. The van der Waals surface area contributed by atoms with Gasteiger partial charge in [0.15, 0.2) is 0 Å². The van der Waals surface area contributed by atoms with Gasteiger partial charge in [-0.3, -0.25) is 18.9 Å². The van der Waals surface area contributed by atoms with Crippen molar-refractivity contribution in [2.45, 2.75) is 40.0 Å². The summed E-state index contributed by atoms with van der Waals surface area (Å²) in [5.41, 5.74) is 1.53. The molecule has 11 heteroatoms. The summed E-state index contributed by atoms with van der Waals surface area (Å²) in [6, 6.07) is 3.71. The van der Waals surface area contributed by atoms with Gasteiger partial charge in [-0.1, -0.05) is 49.8 Å². The number of pyridine rings is 1. The van der Waals surface area contributed by atoms with Crippen LogP contribution in [0.15, 0.2) is 28.0 Å². The van der Waals surface area contributed by atoms with E-state index in [1.54, 1.807) is 35.1 Å². The van der Waals surface area contributed by atoms with E-state index in [1.165, 1.54) is 16.2 Å². The zero-order valence-corrected chi connectivity index (χ0v) is 22.5. The molecule has 0 bridgehead atoms. The van der Waals surface area contributed by atoms with Crippen LogP contribution in [0.3, 0.4) is 0 Å². The second kappa shape index (κ2) is 11.4. The maximum atomic E-state index is 13.7. The minimum absolute atomic E-state index is 0.173. The van der Waals surface area contributed by atoms with Crippen molar-refractivity contribution in [2.24, 2.45) is 0 Å². The number of thiocarbonyl (C=S) groups is 1. The molecule has 192 valence electrons. The van der Waals surface area contributed by atoms with E-state index in [2.05, 4.69) is 6.92 Å². The van der Waals surface area contributed by atoms with E-state index in [0.717, 1.165) is 24.8 Å². The number of amides is 2. The van der Waals surface area contributed by atoms with Crippen molar-refractivity contribution in [3.05, 3.63) is 44.7 Å². The van der Waals surface area contributed by atoms with E-state index in [1.807, 2.05) is 17.9 Å². The van der Waals surface area contributed by atoms with E-state index >= 15 is 0 Å². The highest BCUT2D eigenvalue weighted by Crippen LogP contribution is 2.34. The van der Waals surface area contributed by atoms with Gasteiger partial charge in [-0.2, -0.15) is 0 Å². The summed E-state index contributed by atoms with van der Waals surface area (Å²) in [5.74, 6) is 0.335. The molecule has 0 aromatic carbocycles. The van der Waals surface area contributed by atoms with Crippen LogP contribution in [0.4, 0.5) is 10.6 Å². The second-order valence-electron chi connectivity index (χ2n) is 8.75. The highest BCUT2D eigenvalue weighted by molar-refractivity contribution is 8.26. The molecule has 0 unspecified atom stereocenters. The van der Waals surface area contributed by atoms with Gasteiger partial charge in [0.1, 0.15) is 15.8 Å². The zero-order chi connectivity index (χ0) is 25.8. The number of hydrogen-bond donors (Lipinski definition) is 0. The molecule has 2 aliphatic rings. The maximum absolute atomic E-state index is 13.7. The number of rotatable bonds is 7. The standard InChI is InChI=1S/C25H31N5O4S2/c1-4-6-7-10-30-23(32)19(36-25(30)35)16-18-21(26-20-17(3)9-8-11-29(20)22(18)31)27-12-14-28(15-13-27)24(33)34-5-2/h8-9,11,16H,4-7,10,12-15H2,1-3H3. The quantitative estimate of drug-likeness (QED) is 0.305. The molecule has 0 saturated carbocycles. The fourth-order valence-electron chi connectivity index (χ4n) is 4.33. The first kappa shape index (κ1) is 26.2. The van der Waals surface area contributed by atoms with E-state index < -0.39 is 0 Å². The summed E-state index contributed by atoms with van der Waals surface area (Å²) < 4.78 is 7.15. The molecule has 36 heavy (non-hydrogen) atoms. The predicted octanol–water partition coefficient (Wildman–Crippen LogP) is 3.67. The predicted molar refractivity (Wildman–Crippen MR) is 146 cm³/mol. The molecule has 2 aliphatic heterocycles. The number of anilines is 1. The molecule has 0 spiro atoms. The van der Waals surface area contributed by atoms with Gasteiger partial charge < -0.3 is 14.5 Å². The third kappa shape index (κ3) is 5.27. The van der Waals surface area contributed by atoms with Crippen molar-refractivity contribution in [1.82, 2.24) is 19.2 Å². The first-order valence-corrected chi connectivity index (χ1v) is 13.5. The van der Waals surface area contributed by atoms with Gasteiger partial charge in [0.2, 0.25) is 0 Å². The molecule has 2 amide bonds. The van der Waals surface area contributed by atoms with Crippen LogP contribution in [-0.4, -0.2) is 74.8 Å². The normalized spacial score (nSPS) is 17.5. The van der Waals surface area contributed by atoms with Crippen molar-refractivity contribution >= 4 is 57.8 Å². The second-order valence-corrected chi connectivity index (χ2v) is 10.4. The fraction of sp³-hybridized carbons (Fsp3) is 0.480. The van der Waals surface area contributed by atoms with Crippen molar-refractivity contribution < 1.29 is 14.3 Å². The lowest BCUT2D eigenvalue weighted by molar-refractivity contribution is -0.122. The Morgan fingerprint density at radius 1 is 1.19 bits per heavy atom. The molecule has 2 aromatic rings. The lowest BCUT2D eigenvalue weighted by atomic mass is 10.2. The van der Waals surface area contributed by atoms with Gasteiger partial charge in [-0.25, -0.2) is 9.78 Å². The summed E-state index contributed by atoms with van der Waals surface area (Å²) >= 11 is 6.69. The van der Waals surface area contributed by atoms with Crippen molar-refractivity contribution in [2.75, 3.05) is 44.2 Å². The van der Waals surface area contributed by atoms with Gasteiger partial charge in [0, 0.05) is 38.9 Å². The van der Waals surface area contributed by atoms with Crippen molar-refractivity contribution in [3.8, 4) is 0 Å². The summed E-state index contributed by atoms with van der Waals surface area (Å²) in [5, 5.41) is 0. The number of thioether (sulfide) groups is 1. The Morgan fingerprint density at radius 3 is 2.64 bits per heavy atom. The smallest absolute Gasteiger partial charge is 0.409 e. The van der Waals surface area contributed by atoms with E-state index in [9.17, 15) is 14.4 Å². The van der Waals surface area contributed by atoms with Crippen LogP contribution in [-0.2, 0) is 9.53 Å². The first-order chi connectivity index (χ1) is 17.3. The number of piperazine rings is 1. The number of carbonyl (C=O) groups is 2. The number of carbonyl (C=O) groups excluding carboxylic acids is 2. The van der Waals surface area contributed by atoms with Crippen LogP contribution in [0.5, 0.6) is 0 Å². The summed E-state index contributed by atoms with van der Waals surface area (Å²) in [4.78, 5) is 49.6. The van der Waals surface area contributed by atoms with Crippen LogP contribution < -0.4 is 10.5 Å². The monoisotopic (exact) mass is 529 g/mol. The van der Waals surface area contributed by atoms with Crippen LogP contribution >= 0.6 is 24.0 Å². The van der Waals surface area contributed by atoms with E-state index in [4.69, 9.17) is 21.9 Å². The molecule has 2 saturated heterocycles. The molecule has 0 aliphatic carbocycles. The SMILES string of the molecule is CCCCCN1C(=O)C(=Cc2c(N3CCN(C(=O)OCC)CC3)nc3c(C)cccn3c2=O)SC1=S. The molecule has 4 rings (SSSR count). The number of aromatic nitrogens is 2. The van der Waals surface area contributed by atoms with E-state index in [-0.39, 0.29) is 17.6 Å². The molecule has 0 radical (unpaired) electrons. The van der Waals surface area contributed by atoms with E-state index in [0.29, 0.717) is 65.6 Å². The Balaban J connectivity index is 1.71. The minimum atomic E-state index is -0.341. The van der Waals surface area contributed by atoms with Gasteiger partial charge >= 0.3 is 6.09 Å². The highest BCUT2D eigenvalue weighted by atomic mass is 32.2. The summed E-state index contributed by atoms with van der Waals surface area (Å²) in [6.07, 6.45) is 5.94. The maximum Gasteiger partial charge on any atom is 0.409 e. The van der Waals surface area contributed by atoms with Gasteiger partial charge in [-0.05, 0) is 38.0 Å². The van der Waals surface area contributed by atoms with Crippen molar-refractivity contribution in [1.29, 1.82) is 0 Å². The molecule has 9 nitrogen and oxygen atoms in total. The van der Waals surface area contributed by atoms with Gasteiger partial charge in [0.25, 0.3) is 11.5 Å². The average molecular weight is 530 g/mol. The molecule has 2 aromatic heterocycles. The number of nitrogens with zero attached hydrogens (tertiary/aromatic N) is 5. The molecule has 4 heterocycles. The number of fused-ring (bicyclic) bond motifs is 1. The molecule has 2 fully saturated rings. The topological polar surface area (TPSA) is 87.5 Å². The number of hydrogen-bond acceptors (Lipinski definition) is 8. The Bertz CT molecular complexity index is 1270. The van der Waals surface area contributed by atoms with Crippen LogP contribution in [0, 0.1) is 6.92 Å². The molecular weight excluding hydrogens is 498 g/mol. The molecular formula is C25H31N5O4S2. The highest BCUT2D eigenvalue weighted by Gasteiger charge is 2.33. The van der Waals surface area contributed by atoms with Crippen LogP contribution in [0.2, 0.25) is 0 Å². The first-order valence-electron chi connectivity index (χ1n) is 12.3. The van der Waals surface area contributed by atoms with Crippen molar-refractivity contribution in [3.63, 3.8) is 0 Å². The zero-order valence-electron chi connectivity index (χ0n) is 20.9. The van der Waals surface area contributed by atoms with Crippen LogP contribution in [0.1, 0.15) is 44.2 Å². The third-order valence-electron chi connectivity index (χ3n) is 6.30. The summed E-state index contributed by atoms with van der Waals surface area (Å²) in [7, 11) is 0. The van der Waals surface area contributed by atoms with Gasteiger partial charge in [0.05, 0.1) is 17.1 Å². The lowest BCUT2D eigenvalue weighted by Crippen LogP contribution is -2.49. The Morgan fingerprint density at radius 2 is 1.94 bits per heavy atom. The summed E-state index contributed by atoms with van der Waals surface area (Å²) in [6.45, 7) is 8.58. The molecule has 0 atom stereocenters. The largest absolute Gasteiger partial charge is 0.450 e. The Hall–Kier alpha value is -2.92. The number of unbranched alkanes of at least 4 members (excludes halogenated alkanes) is 2. The Kier molecular flexibility index (Phi) is 8.30. The molecule has 0 N–H and O–H groups in total. The minimum Gasteiger partial charge on any atom is -0.450 e. The average Bonchev–Trinajstić information content (AvgIpc) is 3.14.